The van der Waals surface area contributed by atoms with Crippen molar-refractivity contribution in [2.75, 3.05) is 0 Å². The zero-order valence-electron chi connectivity index (χ0n) is 11.7. The fourth-order valence-corrected chi connectivity index (χ4v) is 7.15. The first kappa shape index (κ1) is 13.8. The smallest absolute Gasteiger partial charge is 0.273 e. The van der Waals surface area contributed by atoms with E-state index in [0.29, 0.717) is 17.8 Å². The van der Waals surface area contributed by atoms with Crippen molar-refractivity contribution in [1.82, 2.24) is 4.72 Å². The summed E-state index contributed by atoms with van der Waals surface area (Å²) in [5.74, 6) is 1.64. The molecule has 0 aliphatic heterocycles. The first-order valence-corrected chi connectivity index (χ1v) is 9.94. The van der Waals surface area contributed by atoms with Crippen LogP contribution in [-0.4, -0.2) is 14.3 Å². The van der Waals surface area contributed by atoms with Crippen molar-refractivity contribution in [2.24, 2.45) is 23.2 Å². The third-order valence-corrected chi connectivity index (χ3v) is 8.24. The maximum atomic E-state index is 12.7. The third-order valence-electron chi connectivity index (χ3n) is 5.51. The molecule has 0 unspecified atom stereocenters. The molecule has 0 aromatic carbocycles. The van der Waals surface area contributed by atoms with Crippen molar-refractivity contribution in [3.63, 3.8) is 0 Å². The van der Waals surface area contributed by atoms with Gasteiger partial charge in [0.15, 0.2) is 0 Å². The highest BCUT2D eigenvalue weighted by atomic mass is 32.2. The van der Waals surface area contributed by atoms with E-state index in [1.54, 1.807) is 17.5 Å². The van der Waals surface area contributed by atoms with Crippen LogP contribution in [0, 0.1) is 23.2 Å². The van der Waals surface area contributed by atoms with Gasteiger partial charge in [-0.3, -0.25) is 4.79 Å². The Morgan fingerprint density at radius 2 is 1.71 bits per heavy atom. The largest absolute Gasteiger partial charge is 0.273 e. The van der Waals surface area contributed by atoms with Crippen molar-refractivity contribution in [1.29, 1.82) is 0 Å². The molecule has 0 saturated heterocycles. The predicted molar refractivity (Wildman–Crippen MR) is 80.3 cm³/mol. The molecular formula is C15H19NO3S2. The Balaban J connectivity index is 1.58. The fraction of sp³-hybridized carbons (Fsp3) is 0.667. The summed E-state index contributed by atoms with van der Waals surface area (Å²) in [7, 11) is -3.69. The highest BCUT2D eigenvalue weighted by molar-refractivity contribution is 7.92. The maximum Gasteiger partial charge on any atom is 0.273 e. The minimum atomic E-state index is -3.69. The van der Waals surface area contributed by atoms with Gasteiger partial charge in [-0.1, -0.05) is 6.07 Å². The summed E-state index contributed by atoms with van der Waals surface area (Å²) in [6.45, 7) is 0. The van der Waals surface area contributed by atoms with Gasteiger partial charge in [-0.2, -0.15) is 0 Å². The average molecular weight is 325 g/mol. The van der Waals surface area contributed by atoms with Crippen LogP contribution in [0.4, 0.5) is 0 Å². The summed E-state index contributed by atoms with van der Waals surface area (Å²) in [5.41, 5.74) is -0.418. The Morgan fingerprint density at radius 3 is 2.19 bits per heavy atom. The summed E-state index contributed by atoms with van der Waals surface area (Å²) in [5, 5.41) is 1.71. The van der Waals surface area contributed by atoms with Gasteiger partial charge in [0.05, 0.1) is 5.41 Å². The lowest BCUT2D eigenvalue weighted by molar-refractivity contribution is -0.144. The van der Waals surface area contributed by atoms with Crippen molar-refractivity contribution in [3.05, 3.63) is 17.5 Å². The molecule has 6 heteroatoms. The van der Waals surface area contributed by atoms with Crippen LogP contribution in [0.3, 0.4) is 0 Å². The van der Waals surface area contributed by atoms with E-state index in [2.05, 4.69) is 4.72 Å². The van der Waals surface area contributed by atoms with Crippen LogP contribution < -0.4 is 4.72 Å². The predicted octanol–water partition coefficient (Wildman–Crippen LogP) is 2.77. The summed E-state index contributed by atoms with van der Waals surface area (Å²) in [6.07, 6.45) is 6.36. The molecule has 4 saturated carbocycles. The second-order valence-corrected chi connectivity index (χ2v) is 9.92. The van der Waals surface area contributed by atoms with Crippen LogP contribution >= 0.6 is 11.3 Å². The highest BCUT2D eigenvalue weighted by Crippen LogP contribution is 2.60. The number of carbonyl (C=O) groups is 1. The molecule has 5 rings (SSSR count). The van der Waals surface area contributed by atoms with Crippen LogP contribution in [0.5, 0.6) is 0 Å². The molecule has 0 atom stereocenters. The fourth-order valence-electron chi connectivity index (χ4n) is 5.09. The number of hydrogen-bond acceptors (Lipinski definition) is 4. The number of amides is 1. The Hall–Kier alpha value is -0.880. The van der Waals surface area contributed by atoms with Gasteiger partial charge in [0.25, 0.3) is 10.0 Å². The lowest BCUT2D eigenvalue weighted by Gasteiger charge is -2.55. The molecule has 1 aromatic heterocycles. The molecule has 4 nitrogen and oxygen atoms in total. The summed E-state index contributed by atoms with van der Waals surface area (Å²) < 4.78 is 27.1. The van der Waals surface area contributed by atoms with E-state index in [1.165, 1.54) is 19.3 Å². The molecule has 1 N–H and O–H groups in total. The Labute approximate surface area is 129 Å². The van der Waals surface area contributed by atoms with Crippen LogP contribution in [0.15, 0.2) is 21.7 Å². The van der Waals surface area contributed by atoms with E-state index < -0.39 is 15.4 Å². The van der Waals surface area contributed by atoms with Gasteiger partial charge < -0.3 is 0 Å². The van der Waals surface area contributed by atoms with Gasteiger partial charge in [0.1, 0.15) is 4.21 Å². The zero-order chi connectivity index (χ0) is 14.7. The minimum absolute atomic E-state index is 0.223. The number of carbonyl (C=O) groups excluding carboxylic acids is 1. The summed E-state index contributed by atoms with van der Waals surface area (Å²) in [4.78, 5) is 12.7. The van der Waals surface area contributed by atoms with Crippen LogP contribution in [-0.2, 0) is 14.8 Å². The van der Waals surface area contributed by atoms with E-state index in [1.807, 2.05) is 0 Å². The molecule has 4 bridgehead atoms. The number of thiophene rings is 1. The van der Waals surface area contributed by atoms with Gasteiger partial charge in [-0.15, -0.1) is 11.3 Å². The van der Waals surface area contributed by atoms with Crippen LogP contribution in [0.1, 0.15) is 38.5 Å². The number of rotatable bonds is 3. The van der Waals surface area contributed by atoms with E-state index in [0.717, 1.165) is 30.6 Å². The first-order valence-electron chi connectivity index (χ1n) is 7.58. The molecule has 21 heavy (non-hydrogen) atoms. The third kappa shape index (κ3) is 2.23. The molecule has 4 aliphatic carbocycles. The molecule has 0 radical (unpaired) electrons. The van der Waals surface area contributed by atoms with E-state index in [4.69, 9.17) is 0 Å². The minimum Gasteiger partial charge on any atom is -0.273 e. The molecule has 4 aliphatic rings. The Kier molecular flexibility index (Phi) is 2.99. The summed E-state index contributed by atoms with van der Waals surface area (Å²) in [6, 6.07) is 3.23. The lowest BCUT2D eigenvalue weighted by atomic mass is 9.49. The SMILES string of the molecule is O=C(NS(=O)(=O)c1cccs1)C12CC3CC(CC(C3)C1)C2. The van der Waals surface area contributed by atoms with Gasteiger partial charge in [0.2, 0.25) is 5.91 Å². The van der Waals surface area contributed by atoms with Crippen LogP contribution in [0.25, 0.3) is 0 Å². The molecule has 1 heterocycles. The second kappa shape index (κ2) is 4.56. The topological polar surface area (TPSA) is 63.2 Å². The second-order valence-electron chi connectivity index (χ2n) is 7.06. The lowest BCUT2D eigenvalue weighted by Crippen LogP contribution is -2.54. The van der Waals surface area contributed by atoms with E-state index in [-0.39, 0.29) is 10.1 Å². The molecule has 0 spiro atoms. The number of hydrogen-bond donors (Lipinski definition) is 1. The molecular weight excluding hydrogens is 306 g/mol. The average Bonchev–Trinajstić information content (AvgIpc) is 2.90. The quantitative estimate of drug-likeness (QED) is 0.929. The molecule has 1 aromatic rings. The molecule has 4 fully saturated rings. The normalized spacial score (nSPS) is 37.6. The Morgan fingerprint density at radius 1 is 1.14 bits per heavy atom. The zero-order valence-corrected chi connectivity index (χ0v) is 13.4. The van der Waals surface area contributed by atoms with Crippen molar-refractivity contribution >= 4 is 27.3 Å². The maximum absolute atomic E-state index is 12.7. The molecule has 1 amide bonds. The van der Waals surface area contributed by atoms with Gasteiger partial charge in [-0.25, -0.2) is 13.1 Å². The molecule has 114 valence electrons. The van der Waals surface area contributed by atoms with Crippen LogP contribution in [0.2, 0.25) is 0 Å². The first-order chi connectivity index (χ1) is 9.97. The van der Waals surface area contributed by atoms with Crippen molar-refractivity contribution < 1.29 is 13.2 Å². The van der Waals surface area contributed by atoms with Gasteiger partial charge in [-0.05, 0) is 67.7 Å². The summed E-state index contributed by atoms with van der Waals surface area (Å²) >= 11 is 1.15. The van der Waals surface area contributed by atoms with Gasteiger partial charge >= 0.3 is 0 Å². The van der Waals surface area contributed by atoms with E-state index >= 15 is 0 Å². The van der Waals surface area contributed by atoms with E-state index in [9.17, 15) is 13.2 Å². The number of nitrogens with one attached hydrogen (secondary N) is 1. The Bertz CT molecular complexity index is 628. The highest BCUT2D eigenvalue weighted by Gasteiger charge is 2.55. The van der Waals surface area contributed by atoms with Gasteiger partial charge in [0, 0.05) is 0 Å². The number of sulfonamides is 1. The van der Waals surface area contributed by atoms with Crippen molar-refractivity contribution in [2.45, 2.75) is 42.7 Å². The van der Waals surface area contributed by atoms with Crippen molar-refractivity contribution in [3.8, 4) is 0 Å². The standard InChI is InChI=1S/C15H19NO3S2/c17-14(16-21(18,19)13-2-1-3-20-13)15-7-10-4-11(8-15)6-12(5-10)9-15/h1-3,10-12H,4-9H2,(H,16,17). The monoisotopic (exact) mass is 325 g/mol.